The molecule has 1 amide bonds. The van der Waals surface area contributed by atoms with Crippen molar-refractivity contribution in [2.45, 2.75) is 13.8 Å². The van der Waals surface area contributed by atoms with Crippen LogP contribution in [-0.4, -0.2) is 22.2 Å². The highest BCUT2D eigenvalue weighted by Gasteiger charge is 2.13. The van der Waals surface area contributed by atoms with Gasteiger partial charge in [0.2, 0.25) is 0 Å². The topological polar surface area (TPSA) is 74.6 Å². The average molecular weight is 433 g/mol. The van der Waals surface area contributed by atoms with E-state index in [1.54, 1.807) is 19.1 Å². The first-order valence-corrected chi connectivity index (χ1v) is 8.24. The fourth-order valence-corrected chi connectivity index (χ4v) is 3.71. The van der Waals surface area contributed by atoms with E-state index < -0.39 is 0 Å². The van der Waals surface area contributed by atoms with Gasteiger partial charge < -0.3 is 5.11 Å². The van der Waals surface area contributed by atoms with Crippen molar-refractivity contribution in [1.29, 1.82) is 0 Å². The van der Waals surface area contributed by atoms with E-state index in [9.17, 15) is 9.90 Å². The smallest absolute Gasteiger partial charge is 0.283 e. The number of benzene rings is 1. The Balaban J connectivity index is 2.13. The molecule has 110 valence electrons. The highest BCUT2D eigenvalue weighted by atomic mass is 79.9. The number of hydrogen-bond donors (Lipinski definition) is 2. The Kier molecular flexibility index (Phi) is 5.13. The molecule has 0 aliphatic carbocycles. The quantitative estimate of drug-likeness (QED) is 0.572. The lowest BCUT2D eigenvalue weighted by Crippen LogP contribution is -2.17. The molecule has 0 unspecified atom stereocenters. The van der Waals surface area contributed by atoms with E-state index in [-0.39, 0.29) is 11.7 Å². The normalized spacial score (nSPS) is 11.0. The van der Waals surface area contributed by atoms with E-state index in [1.807, 2.05) is 6.92 Å². The zero-order valence-electron chi connectivity index (χ0n) is 11.1. The zero-order valence-corrected chi connectivity index (χ0v) is 15.1. The van der Waals surface area contributed by atoms with Crippen molar-refractivity contribution in [3.05, 3.63) is 42.2 Å². The van der Waals surface area contributed by atoms with Gasteiger partial charge in [0, 0.05) is 10.0 Å². The van der Waals surface area contributed by atoms with E-state index >= 15 is 0 Å². The van der Waals surface area contributed by atoms with Gasteiger partial charge in [-0.25, -0.2) is 10.4 Å². The number of hydrazone groups is 1. The van der Waals surface area contributed by atoms with E-state index in [4.69, 9.17) is 0 Å². The summed E-state index contributed by atoms with van der Waals surface area (Å²) in [5.41, 5.74) is 3.59. The number of nitrogens with one attached hydrogen (secondary N) is 1. The number of carbonyl (C=O) groups excluding carboxylic acids is 1. The van der Waals surface area contributed by atoms with Gasteiger partial charge in [0.05, 0.1) is 21.4 Å². The number of hydrogen-bond acceptors (Lipinski definition) is 5. The Morgan fingerprint density at radius 2 is 2.14 bits per heavy atom. The second-order valence-electron chi connectivity index (χ2n) is 4.17. The molecule has 5 nitrogen and oxygen atoms in total. The largest absolute Gasteiger partial charge is 0.506 e. The second-order valence-corrected chi connectivity index (χ2v) is 7.15. The first kappa shape index (κ1) is 16.1. The summed E-state index contributed by atoms with van der Waals surface area (Å²) in [7, 11) is 0. The maximum absolute atomic E-state index is 12.0. The molecule has 2 rings (SSSR count). The lowest BCUT2D eigenvalue weighted by molar-refractivity contribution is 0.0958. The summed E-state index contributed by atoms with van der Waals surface area (Å²) in [6.07, 6.45) is 1.38. The van der Waals surface area contributed by atoms with Gasteiger partial charge in [-0.3, -0.25) is 4.79 Å². The van der Waals surface area contributed by atoms with Crippen molar-refractivity contribution in [2.24, 2.45) is 5.10 Å². The fourth-order valence-electron chi connectivity index (χ4n) is 1.64. The summed E-state index contributed by atoms with van der Waals surface area (Å²) in [5.74, 6) is -0.260. The fraction of sp³-hybridized carbons (Fsp3) is 0.154. The summed E-state index contributed by atoms with van der Waals surface area (Å²) < 4.78 is 1.33. The number of aromatic nitrogens is 1. The van der Waals surface area contributed by atoms with Crippen molar-refractivity contribution >= 4 is 55.3 Å². The Labute approximate surface area is 142 Å². The van der Waals surface area contributed by atoms with Crippen molar-refractivity contribution in [1.82, 2.24) is 10.4 Å². The minimum absolute atomic E-state index is 0.0565. The van der Waals surface area contributed by atoms with Crippen molar-refractivity contribution in [2.75, 3.05) is 0 Å². The third kappa shape index (κ3) is 3.90. The minimum atomic E-state index is -0.317. The molecule has 0 fully saturated rings. The SMILES string of the molecule is Cc1nc(C)c(C(=O)N/N=C\c2cc(Br)cc(Br)c2O)s1. The monoisotopic (exact) mass is 431 g/mol. The number of halogens is 2. The molecule has 2 aromatic rings. The van der Waals surface area contributed by atoms with Crippen LogP contribution in [0.15, 0.2) is 26.2 Å². The van der Waals surface area contributed by atoms with Gasteiger partial charge in [-0.1, -0.05) is 15.9 Å². The van der Waals surface area contributed by atoms with Crippen molar-refractivity contribution < 1.29 is 9.90 Å². The Morgan fingerprint density at radius 3 is 2.76 bits per heavy atom. The predicted molar refractivity (Wildman–Crippen MR) is 90.2 cm³/mol. The van der Waals surface area contributed by atoms with Crippen LogP contribution in [0.5, 0.6) is 5.75 Å². The number of aryl methyl sites for hydroxylation is 2. The highest BCUT2D eigenvalue weighted by Crippen LogP contribution is 2.30. The summed E-state index contributed by atoms with van der Waals surface area (Å²) in [6.45, 7) is 3.62. The Hall–Kier alpha value is -1.25. The maximum Gasteiger partial charge on any atom is 0.283 e. The molecular weight excluding hydrogens is 422 g/mol. The molecule has 0 saturated carbocycles. The van der Waals surface area contributed by atoms with Crippen LogP contribution in [0.1, 0.15) is 25.9 Å². The first-order chi connectivity index (χ1) is 9.88. The summed E-state index contributed by atoms with van der Waals surface area (Å²) in [4.78, 5) is 16.7. The molecule has 0 radical (unpaired) electrons. The van der Waals surface area contributed by atoms with Crippen LogP contribution in [0, 0.1) is 13.8 Å². The van der Waals surface area contributed by atoms with Gasteiger partial charge in [0.25, 0.3) is 5.91 Å². The number of thiazole rings is 1. The lowest BCUT2D eigenvalue weighted by atomic mass is 10.2. The zero-order chi connectivity index (χ0) is 15.6. The molecule has 8 heteroatoms. The molecular formula is C13H11Br2N3O2S. The van der Waals surface area contributed by atoms with E-state index in [1.165, 1.54) is 17.6 Å². The Bertz CT molecular complexity index is 728. The molecule has 1 aromatic heterocycles. The van der Waals surface area contributed by atoms with E-state index in [0.717, 1.165) is 9.48 Å². The molecule has 0 aliphatic rings. The van der Waals surface area contributed by atoms with E-state index in [2.05, 4.69) is 47.4 Å². The van der Waals surface area contributed by atoms with Gasteiger partial charge in [0.15, 0.2) is 0 Å². The van der Waals surface area contributed by atoms with Gasteiger partial charge in [-0.15, -0.1) is 11.3 Å². The molecule has 21 heavy (non-hydrogen) atoms. The number of aromatic hydroxyl groups is 1. The molecule has 0 aliphatic heterocycles. The van der Waals surface area contributed by atoms with Crippen LogP contribution in [0.2, 0.25) is 0 Å². The molecule has 1 heterocycles. The van der Waals surface area contributed by atoms with Gasteiger partial charge in [-0.2, -0.15) is 5.10 Å². The number of rotatable bonds is 3. The van der Waals surface area contributed by atoms with Gasteiger partial charge in [-0.05, 0) is 41.9 Å². The number of phenolic OH excluding ortho intramolecular Hbond substituents is 1. The molecule has 1 aromatic carbocycles. The second kappa shape index (κ2) is 6.67. The third-order valence-corrected chi connectivity index (χ3v) is 4.67. The molecule has 0 atom stereocenters. The maximum atomic E-state index is 12.0. The van der Waals surface area contributed by atoms with E-state index in [0.29, 0.717) is 20.6 Å². The summed E-state index contributed by atoms with van der Waals surface area (Å²) in [6, 6.07) is 3.41. The standard InChI is InChI=1S/C13H11Br2N3O2S/c1-6-12(21-7(2)17-6)13(20)18-16-5-8-3-9(14)4-10(15)11(8)19/h3-5,19H,1-2H3,(H,18,20)/b16-5-. The highest BCUT2D eigenvalue weighted by molar-refractivity contribution is 9.11. The summed E-state index contributed by atoms with van der Waals surface area (Å²) >= 11 is 7.87. The molecule has 0 spiro atoms. The lowest BCUT2D eigenvalue weighted by Gasteiger charge is -2.03. The van der Waals surface area contributed by atoms with Crippen LogP contribution in [-0.2, 0) is 0 Å². The van der Waals surface area contributed by atoms with Gasteiger partial charge in [0.1, 0.15) is 10.6 Å². The number of amides is 1. The van der Waals surface area contributed by atoms with Crippen LogP contribution < -0.4 is 5.43 Å². The number of nitrogens with zero attached hydrogens (tertiary/aromatic N) is 2. The van der Waals surface area contributed by atoms with Crippen LogP contribution in [0.4, 0.5) is 0 Å². The first-order valence-electron chi connectivity index (χ1n) is 5.84. The molecule has 0 bridgehead atoms. The van der Waals surface area contributed by atoms with Crippen molar-refractivity contribution in [3.8, 4) is 5.75 Å². The average Bonchev–Trinajstić information content (AvgIpc) is 2.74. The Morgan fingerprint density at radius 1 is 1.43 bits per heavy atom. The number of carbonyl (C=O) groups is 1. The molecule has 2 N–H and O–H groups in total. The minimum Gasteiger partial charge on any atom is -0.506 e. The predicted octanol–water partition coefficient (Wildman–Crippen LogP) is 3.75. The number of phenols is 1. The van der Waals surface area contributed by atoms with Crippen LogP contribution in [0.3, 0.4) is 0 Å². The summed E-state index contributed by atoms with van der Waals surface area (Å²) in [5, 5.41) is 14.6. The van der Waals surface area contributed by atoms with Crippen LogP contribution >= 0.6 is 43.2 Å². The van der Waals surface area contributed by atoms with Gasteiger partial charge >= 0.3 is 0 Å². The van der Waals surface area contributed by atoms with Crippen molar-refractivity contribution in [3.63, 3.8) is 0 Å². The van der Waals surface area contributed by atoms with Crippen LogP contribution in [0.25, 0.3) is 0 Å². The molecule has 0 saturated heterocycles. The third-order valence-electron chi connectivity index (χ3n) is 2.54.